The van der Waals surface area contributed by atoms with Crippen LogP contribution in [0.1, 0.15) is 26.5 Å². The summed E-state index contributed by atoms with van der Waals surface area (Å²) >= 11 is 0. The predicted molar refractivity (Wildman–Crippen MR) is 124 cm³/mol. The number of rotatable bonds is 9. The third-order valence-corrected chi connectivity index (χ3v) is 4.73. The molecule has 162 valence electrons. The number of hydrogen-bond acceptors (Lipinski definition) is 5. The van der Waals surface area contributed by atoms with Gasteiger partial charge in [-0.3, -0.25) is 9.89 Å². The summed E-state index contributed by atoms with van der Waals surface area (Å²) in [7, 11) is 1.75. The SMILES string of the molecule is COC(CN=C(NCCc1ccco1)NCCN1CCOCC1)C(C)(C)C.I. The maximum absolute atomic E-state index is 5.63. The molecule has 0 amide bonds. The van der Waals surface area contributed by atoms with E-state index in [0.29, 0.717) is 6.54 Å². The highest BCUT2D eigenvalue weighted by Crippen LogP contribution is 2.21. The van der Waals surface area contributed by atoms with E-state index >= 15 is 0 Å². The molecule has 0 aliphatic carbocycles. The molecule has 0 spiro atoms. The number of halogens is 1. The smallest absolute Gasteiger partial charge is 0.191 e. The summed E-state index contributed by atoms with van der Waals surface area (Å²) in [6.07, 6.45) is 2.60. The Morgan fingerprint density at radius 1 is 1.25 bits per heavy atom. The normalized spacial score (nSPS) is 17.1. The molecule has 1 unspecified atom stereocenters. The third-order valence-electron chi connectivity index (χ3n) is 4.73. The molecule has 8 heteroatoms. The van der Waals surface area contributed by atoms with E-state index < -0.39 is 0 Å². The van der Waals surface area contributed by atoms with E-state index in [1.165, 1.54) is 0 Å². The highest BCUT2D eigenvalue weighted by molar-refractivity contribution is 14.0. The van der Waals surface area contributed by atoms with Crippen molar-refractivity contribution in [1.29, 1.82) is 0 Å². The minimum Gasteiger partial charge on any atom is -0.469 e. The average Bonchev–Trinajstić information content (AvgIpc) is 3.15. The molecule has 2 heterocycles. The molecule has 2 rings (SSSR count). The second-order valence-electron chi connectivity index (χ2n) is 7.92. The molecular formula is C20H37IN4O3. The van der Waals surface area contributed by atoms with Crippen molar-refractivity contribution >= 4 is 29.9 Å². The van der Waals surface area contributed by atoms with Gasteiger partial charge in [0.15, 0.2) is 5.96 Å². The molecule has 0 saturated carbocycles. The second-order valence-corrected chi connectivity index (χ2v) is 7.92. The Labute approximate surface area is 186 Å². The van der Waals surface area contributed by atoms with Crippen LogP contribution >= 0.6 is 24.0 Å². The molecule has 1 aromatic heterocycles. The van der Waals surface area contributed by atoms with E-state index in [2.05, 4.69) is 36.3 Å². The minimum absolute atomic E-state index is 0. The Kier molecular flexibility index (Phi) is 12.1. The molecule has 28 heavy (non-hydrogen) atoms. The zero-order chi connectivity index (χ0) is 19.5. The fourth-order valence-corrected chi connectivity index (χ4v) is 2.97. The number of nitrogens with one attached hydrogen (secondary N) is 2. The van der Waals surface area contributed by atoms with Crippen molar-refractivity contribution in [2.24, 2.45) is 10.4 Å². The van der Waals surface area contributed by atoms with Crippen molar-refractivity contribution in [2.45, 2.75) is 33.3 Å². The molecule has 1 saturated heterocycles. The fourth-order valence-electron chi connectivity index (χ4n) is 2.97. The summed E-state index contributed by atoms with van der Waals surface area (Å²) in [6.45, 7) is 13.4. The quantitative estimate of drug-likeness (QED) is 0.303. The van der Waals surface area contributed by atoms with Gasteiger partial charge in [-0.2, -0.15) is 0 Å². The monoisotopic (exact) mass is 508 g/mol. The van der Waals surface area contributed by atoms with Crippen LogP contribution in [0.4, 0.5) is 0 Å². The van der Waals surface area contributed by atoms with Gasteiger partial charge in [0.2, 0.25) is 0 Å². The van der Waals surface area contributed by atoms with E-state index in [4.69, 9.17) is 18.9 Å². The van der Waals surface area contributed by atoms with Crippen LogP contribution in [-0.4, -0.2) is 76.6 Å². The third kappa shape index (κ3) is 9.58. The summed E-state index contributed by atoms with van der Waals surface area (Å²) in [4.78, 5) is 7.17. The van der Waals surface area contributed by atoms with Crippen LogP contribution in [0, 0.1) is 5.41 Å². The number of aliphatic imine (C=N–C) groups is 1. The van der Waals surface area contributed by atoms with Gasteiger partial charge in [0, 0.05) is 46.3 Å². The van der Waals surface area contributed by atoms with E-state index in [9.17, 15) is 0 Å². The van der Waals surface area contributed by atoms with Crippen molar-refractivity contribution in [1.82, 2.24) is 15.5 Å². The summed E-state index contributed by atoms with van der Waals surface area (Å²) in [5, 5.41) is 6.86. The summed E-state index contributed by atoms with van der Waals surface area (Å²) < 4.78 is 16.4. The minimum atomic E-state index is 0. The lowest BCUT2D eigenvalue weighted by Crippen LogP contribution is -2.45. The van der Waals surface area contributed by atoms with Crippen LogP contribution in [0.25, 0.3) is 0 Å². The molecule has 1 aliphatic heterocycles. The van der Waals surface area contributed by atoms with Gasteiger partial charge in [0.25, 0.3) is 0 Å². The predicted octanol–water partition coefficient (Wildman–Crippen LogP) is 2.37. The summed E-state index contributed by atoms with van der Waals surface area (Å²) in [6, 6.07) is 3.91. The first-order valence-electron chi connectivity index (χ1n) is 9.86. The Bertz CT molecular complexity index is 540. The first kappa shape index (κ1) is 25.2. The molecule has 2 N–H and O–H groups in total. The molecule has 0 aromatic carbocycles. The molecule has 0 bridgehead atoms. The van der Waals surface area contributed by atoms with Gasteiger partial charge in [0.05, 0.1) is 32.1 Å². The van der Waals surface area contributed by atoms with Gasteiger partial charge in [-0.25, -0.2) is 0 Å². The molecule has 0 radical (unpaired) electrons. The molecule has 7 nitrogen and oxygen atoms in total. The molecular weight excluding hydrogens is 471 g/mol. The second kappa shape index (κ2) is 13.4. The Balaban J connectivity index is 0.00000392. The highest BCUT2D eigenvalue weighted by Gasteiger charge is 2.24. The van der Waals surface area contributed by atoms with Crippen LogP contribution in [0.15, 0.2) is 27.8 Å². The van der Waals surface area contributed by atoms with E-state index in [0.717, 1.165) is 64.1 Å². The molecule has 1 fully saturated rings. The number of guanidine groups is 1. The van der Waals surface area contributed by atoms with Crippen LogP contribution in [0.2, 0.25) is 0 Å². The Morgan fingerprint density at radius 2 is 1.96 bits per heavy atom. The lowest BCUT2D eigenvalue weighted by Gasteiger charge is -2.28. The van der Waals surface area contributed by atoms with Crippen molar-refractivity contribution in [3.8, 4) is 0 Å². The maximum Gasteiger partial charge on any atom is 0.191 e. The van der Waals surface area contributed by atoms with E-state index in [1.54, 1.807) is 13.4 Å². The molecule has 1 aliphatic rings. The van der Waals surface area contributed by atoms with Gasteiger partial charge in [-0.15, -0.1) is 24.0 Å². The first-order valence-corrected chi connectivity index (χ1v) is 9.86. The fraction of sp³-hybridized carbons (Fsp3) is 0.750. The zero-order valence-electron chi connectivity index (χ0n) is 17.7. The summed E-state index contributed by atoms with van der Waals surface area (Å²) in [5.41, 5.74) is 0.0470. The van der Waals surface area contributed by atoms with Crippen molar-refractivity contribution in [3.05, 3.63) is 24.2 Å². The van der Waals surface area contributed by atoms with Gasteiger partial charge in [0.1, 0.15) is 5.76 Å². The van der Waals surface area contributed by atoms with Crippen LogP contribution in [0.3, 0.4) is 0 Å². The largest absolute Gasteiger partial charge is 0.469 e. The number of nitrogens with zero attached hydrogens (tertiary/aromatic N) is 2. The van der Waals surface area contributed by atoms with Gasteiger partial charge < -0.3 is 24.5 Å². The average molecular weight is 508 g/mol. The van der Waals surface area contributed by atoms with Crippen LogP contribution in [0.5, 0.6) is 0 Å². The van der Waals surface area contributed by atoms with Gasteiger partial charge in [-0.1, -0.05) is 20.8 Å². The van der Waals surface area contributed by atoms with E-state index in [-0.39, 0.29) is 35.5 Å². The van der Waals surface area contributed by atoms with Gasteiger partial charge >= 0.3 is 0 Å². The topological polar surface area (TPSA) is 71.3 Å². The summed E-state index contributed by atoms with van der Waals surface area (Å²) in [5.74, 6) is 1.79. The lowest BCUT2D eigenvalue weighted by molar-refractivity contribution is 0.0241. The zero-order valence-corrected chi connectivity index (χ0v) is 20.0. The van der Waals surface area contributed by atoms with Crippen molar-refractivity contribution < 1.29 is 13.9 Å². The number of ether oxygens (including phenoxy) is 2. The Hall–Kier alpha value is -0.840. The lowest BCUT2D eigenvalue weighted by atomic mass is 9.89. The number of furan rings is 1. The first-order chi connectivity index (χ1) is 13.0. The molecule has 1 aromatic rings. The molecule has 1 atom stereocenters. The highest BCUT2D eigenvalue weighted by atomic mass is 127. The van der Waals surface area contributed by atoms with Crippen LogP contribution in [-0.2, 0) is 15.9 Å². The Morgan fingerprint density at radius 3 is 2.57 bits per heavy atom. The number of hydrogen-bond donors (Lipinski definition) is 2. The van der Waals surface area contributed by atoms with Crippen LogP contribution < -0.4 is 10.6 Å². The van der Waals surface area contributed by atoms with Gasteiger partial charge in [-0.05, 0) is 17.5 Å². The standard InChI is InChI=1S/C20H36N4O3.HI/c1-20(2,3)18(25-4)16-23-19(21-8-7-17-6-5-13-27-17)22-9-10-24-11-14-26-15-12-24;/h5-6,13,18H,7-12,14-16H2,1-4H3,(H2,21,22,23);1H. The van der Waals surface area contributed by atoms with E-state index in [1.807, 2.05) is 12.1 Å². The van der Waals surface area contributed by atoms with Crippen molar-refractivity contribution in [3.63, 3.8) is 0 Å². The number of morpholine rings is 1. The number of methoxy groups -OCH3 is 1. The van der Waals surface area contributed by atoms with Crippen molar-refractivity contribution in [2.75, 3.05) is 59.6 Å². The maximum atomic E-state index is 5.63.